The van der Waals surface area contributed by atoms with Crippen molar-refractivity contribution in [3.8, 4) is 22.3 Å². The maximum Gasteiger partial charge on any atom is 0.145 e. The predicted octanol–water partition coefficient (Wildman–Crippen LogP) is 11.9. The van der Waals surface area contributed by atoms with Gasteiger partial charge in [-0.1, -0.05) is 97.1 Å². The molecule has 0 spiro atoms. The normalized spacial score (nSPS) is 12.2. The van der Waals surface area contributed by atoms with Gasteiger partial charge in [-0.15, -0.1) is 0 Å². The maximum absolute atomic E-state index is 6.65. The smallest absolute Gasteiger partial charge is 0.145 e. The second-order valence-electron chi connectivity index (χ2n) is 11.2. The van der Waals surface area contributed by atoms with E-state index >= 15 is 0 Å². The fourth-order valence-corrected chi connectivity index (χ4v) is 7.20. The van der Waals surface area contributed by atoms with Gasteiger partial charge < -0.3 is 13.3 Å². The number of benzene rings is 7. The van der Waals surface area contributed by atoms with E-state index in [2.05, 4.69) is 103 Å². The second-order valence-corrected chi connectivity index (χ2v) is 11.2. The molecule has 3 nitrogen and oxygen atoms in total. The highest BCUT2D eigenvalue weighted by molar-refractivity contribution is 6.28. The Bertz CT molecular complexity index is 2680. The Morgan fingerprint density at radius 2 is 0.930 bits per heavy atom. The molecule has 0 atom stereocenters. The molecule has 3 heteroatoms. The Balaban J connectivity index is 1.37. The van der Waals surface area contributed by atoms with Gasteiger partial charge >= 0.3 is 0 Å². The minimum atomic E-state index is 0.827. The number of fused-ring (bicyclic) bond motifs is 10. The van der Waals surface area contributed by atoms with Crippen LogP contribution in [0.5, 0.6) is 0 Å². The fraction of sp³-hybridized carbons (Fsp3) is 0. The van der Waals surface area contributed by atoms with Gasteiger partial charge in [0.2, 0.25) is 0 Å². The molecule has 0 N–H and O–H groups in total. The summed E-state index contributed by atoms with van der Waals surface area (Å²) in [7, 11) is 0. The van der Waals surface area contributed by atoms with E-state index in [1.807, 2.05) is 24.3 Å². The molecule has 3 aromatic heterocycles. The highest BCUT2D eigenvalue weighted by Gasteiger charge is 2.23. The summed E-state index contributed by atoms with van der Waals surface area (Å²) in [5, 5.41) is 10.1. The van der Waals surface area contributed by atoms with Crippen molar-refractivity contribution < 1.29 is 13.3 Å². The predicted molar refractivity (Wildman–Crippen MR) is 177 cm³/mol. The molecule has 0 aliphatic rings. The number of furan rings is 3. The van der Waals surface area contributed by atoms with Crippen LogP contribution in [0.3, 0.4) is 0 Å². The van der Waals surface area contributed by atoms with Crippen molar-refractivity contribution in [2.45, 2.75) is 0 Å². The lowest BCUT2D eigenvalue weighted by Crippen LogP contribution is -1.91. The lowest BCUT2D eigenvalue weighted by atomic mass is 9.84. The Hall–Kier alpha value is -5.80. The summed E-state index contributed by atoms with van der Waals surface area (Å²) < 4.78 is 18.9. The zero-order valence-corrected chi connectivity index (χ0v) is 22.9. The van der Waals surface area contributed by atoms with Crippen LogP contribution in [0.2, 0.25) is 0 Å². The quantitative estimate of drug-likeness (QED) is 0.201. The van der Waals surface area contributed by atoms with Gasteiger partial charge in [0.05, 0.1) is 11.6 Å². The Morgan fingerprint density at radius 1 is 0.349 bits per heavy atom. The van der Waals surface area contributed by atoms with Crippen molar-refractivity contribution in [1.29, 1.82) is 0 Å². The van der Waals surface area contributed by atoms with E-state index in [1.165, 1.54) is 38.2 Å². The molecule has 3 heterocycles. The van der Waals surface area contributed by atoms with Crippen LogP contribution in [0.4, 0.5) is 0 Å². The third kappa shape index (κ3) is 3.03. The van der Waals surface area contributed by atoms with Crippen molar-refractivity contribution in [1.82, 2.24) is 0 Å². The first kappa shape index (κ1) is 22.8. The summed E-state index contributed by atoms with van der Waals surface area (Å²) in [5.74, 6) is 0. The van der Waals surface area contributed by atoms with Crippen LogP contribution in [0.15, 0.2) is 147 Å². The minimum Gasteiger partial charge on any atom is -0.464 e. The van der Waals surface area contributed by atoms with E-state index in [0.717, 1.165) is 60.4 Å². The van der Waals surface area contributed by atoms with Gasteiger partial charge in [-0.25, -0.2) is 0 Å². The Kier molecular flexibility index (Phi) is 4.45. The van der Waals surface area contributed by atoms with Crippen LogP contribution in [0.1, 0.15) is 0 Å². The van der Waals surface area contributed by atoms with E-state index in [-0.39, 0.29) is 0 Å². The summed E-state index contributed by atoms with van der Waals surface area (Å²) >= 11 is 0. The molecule has 0 saturated heterocycles. The van der Waals surface area contributed by atoms with E-state index < -0.39 is 0 Å². The number of rotatable bonds is 2. The zero-order valence-electron chi connectivity index (χ0n) is 22.9. The number of hydrogen-bond acceptors (Lipinski definition) is 3. The summed E-state index contributed by atoms with van der Waals surface area (Å²) in [6.07, 6.45) is 1.75. The molecule has 43 heavy (non-hydrogen) atoms. The summed E-state index contributed by atoms with van der Waals surface area (Å²) in [4.78, 5) is 0. The van der Waals surface area contributed by atoms with E-state index in [9.17, 15) is 0 Å². The van der Waals surface area contributed by atoms with Crippen LogP contribution in [-0.4, -0.2) is 0 Å². The van der Waals surface area contributed by atoms with Gasteiger partial charge in [-0.05, 0) is 63.0 Å². The average molecular weight is 551 g/mol. The molecule has 7 aromatic carbocycles. The molecule has 0 amide bonds. The Labute approximate surface area is 245 Å². The lowest BCUT2D eigenvalue weighted by molar-refractivity contribution is 0.618. The van der Waals surface area contributed by atoms with Crippen molar-refractivity contribution in [3.63, 3.8) is 0 Å². The van der Waals surface area contributed by atoms with Gasteiger partial charge in [0.25, 0.3) is 0 Å². The van der Waals surface area contributed by atoms with Crippen LogP contribution in [0, 0.1) is 0 Å². The minimum absolute atomic E-state index is 0.827. The summed E-state index contributed by atoms with van der Waals surface area (Å²) in [6, 6.07) is 44.7. The second kappa shape index (κ2) is 8.37. The van der Waals surface area contributed by atoms with Crippen LogP contribution >= 0.6 is 0 Å². The van der Waals surface area contributed by atoms with Gasteiger partial charge in [-0.2, -0.15) is 0 Å². The van der Waals surface area contributed by atoms with Gasteiger partial charge in [0, 0.05) is 32.7 Å². The number of hydrogen-bond donors (Lipinski definition) is 0. The molecule has 0 aliphatic carbocycles. The first-order chi connectivity index (χ1) is 21.3. The standard InChI is InChI=1S/C40H22O3/c1-3-11-26-24(9-1)35(29-14-8-18-33-37(29)28-13-5-6-17-32(28)42-33)25-10-2-4-12-27(25)36(26)30-15-7-16-31-38-34(43-40(30)31)20-19-23-21-22-41-39(23)38/h1-22H. The van der Waals surface area contributed by atoms with Crippen molar-refractivity contribution >= 4 is 76.4 Å². The van der Waals surface area contributed by atoms with Crippen molar-refractivity contribution in [3.05, 3.63) is 134 Å². The third-order valence-corrected chi connectivity index (χ3v) is 8.95. The monoisotopic (exact) mass is 550 g/mol. The third-order valence-electron chi connectivity index (χ3n) is 8.95. The SMILES string of the molecule is c1ccc2c(c1)oc1cccc(-c3c4ccccc4c(-c4cccc5c4oc4ccc6ccoc6c45)c4ccccc34)c12. The molecule has 0 fully saturated rings. The maximum atomic E-state index is 6.65. The molecular formula is C40H22O3. The lowest BCUT2D eigenvalue weighted by Gasteiger charge is -2.18. The first-order valence-corrected chi connectivity index (χ1v) is 14.5. The van der Waals surface area contributed by atoms with Crippen molar-refractivity contribution in [2.24, 2.45) is 0 Å². The average Bonchev–Trinajstić information content (AvgIpc) is 3.78. The van der Waals surface area contributed by atoms with E-state index in [0.29, 0.717) is 0 Å². The Morgan fingerprint density at radius 3 is 1.70 bits per heavy atom. The largest absolute Gasteiger partial charge is 0.464 e. The molecule has 10 rings (SSSR count). The van der Waals surface area contributed by atoms with Crippen LogP contribution in [0.25, 0.3) is 98.6 Å². The topological polar surface area (TPSA) is 39.4 Å². The van der Waals surface area contributed by atoms with Crippen molar-refractivity contribution in [2.75, 3.05) is 0 Å². The highest BCUT2D eigenvalue weighted by Crippen LogP contribution is 2.49. The highest BCUT2D eigenvalue weighted by atomic mass is 16.3. The summed E-state index contributed by atoms with van der Waals surface area (Å²) in [6.45, 7) is 0. The van der Waals surface area contributed by atoms with Gasteiger partial charge in [-0.3, -0.25) is 0 Å². The fourth-order valence-electron chi connectivity index (χ4n) is 7.20. The molecular weight excluding hydrogens is 528 g/mol. The van der Waals surface area contributed by atoms with E-state index in [1.54, 1.807) is 6.26 Å². The molecule has 0 radical (unpaired) electrons. The number of para-hydroxylation sites is 2. The van der Waals surface area contributed by atoms with E-state index in [4.69, 9.17) is 13.3 Å². The molecule has 0 unspecified atom stereocenters. The van der Waals surface area contributed by atoms with Crippen LogP contribution in [-0.2, 0) is 0 Å². The molecule has 10 aromatic rings. The molecule has 200 valence electrons. The van der Waals surface area contributed by atoms with Gasteiger partial charge in [0.15, 0.2) is 0 Å². The molecule has 0 bridgehead atoms. The van der Waals surface area contributed by atoms with Gasteiger partial charge in [0.1, 0.15) is 27.9 Å². The molecule has 0 aliphatic heterocycles. The molecule has 0 saturated carbocycles. The zero-order chi connectivity index (χ0) is 28.1. The summed E-state index contributed by atoms with van der Waals surface area (Å²) in [5.41, 5.74) is 8.97. The first-order valence-electron chi connectivity index (χ1n) is 14.5. The van der Waals surface area contributed by atoms with Crippen LogP contribution < -0.4 is 0 Å².